The molecule has 5 atom stereocenters. The van der Waals surface area contributed by atoms with E-state index in [1.807, 2.05) is 0 Å². The van der Waals surface area contributed by atoms with Crippen LogP contribution in [0.2, 0.25) is 0 Å². The highest BCUT2D eigenvalue weighted by Gasteiger charge is 2.53. The quantitative estimate of drug-likeness (QED) is 0.472. The standard InChI is InChI=1S/C10H13NO9/c12-7(13)1-4(10(14)15)5-2-18-9-6(20-11(16)17)3-19-8(5)9/h4-6,8-9H,1-3H2,(H,12,13)(H,14,15)/t4?,5-,6+,8+,9+/m0/s1. The van der Waals surface area contributed by atoms with Gasteiger partial charge in [0.1, 0.15) is 6.10 Å². The van der Waals surface area contributed by atoms with Crippen molar-refractivity contribution >= 4 is 11.9 Å². The van der Waals surface area contributed by atoms with Gasteiger partial charge in [-0.3, -0.25) is 9.59 Å². The molecule has 0 aromatic carbocycles. The molecule has 1 unspecified atom stereocenters. The lowest BCUT2D eigenvalue weighted by Gasteiger charge is -2.21. The van der Waals surface area contributed by atoms with Gasteiger partial charge in [-0.15, -0.1) is 10.1 Å². The first-order chi connectivity index (χ1) is 9.40. The molecule has 2 aliphatic rings. The van der Waals surface area contributed by atoms with E-state index in [2.05, 4.69) is 4.84 Å². The molecule has 0 saturated carbocycles. The first-order valence-corrected chi connectivity index (χ1v) is 5.89. The third kappa shape index (κ3) is 2.80. The van der Waals surface area contributed by atoms with Crippen LogP contribution in [0.4, 0.5) is 0 Å². The number of aliphatic carboxylic acids is 2. The highest BCUT2D eigenvalue weighted by molar-refractivity contribution is 5.78. The lowest BCUT2D eigenvalue weighted by molar-refractivity contribution is -0.769. The Morgan fingerprint density at radius 3 is 2.50 bits per heavy atom. The summed E-state index contributed by atoms with van der Waals surface area (Å²) in [5.41, 5.74) is 0. The number of hydrogen-bond acceptors (Lipinski definition) is 7. The van der Waals surface area contributed by atoms with Gasteiger partial charge in [0.05, 0.1) is 31.7 Å². The van der Waals surface area contributed by atoms with Crippen molar-refractivity contribution in [1.29, 1.82) is 0 Å². The van der Waals surface area contributed by atoms with Crippen LogP contribution in [-0.4, -0.2) is 58.8 Å². The van der Waals surface area contributed by atoms with Crippen LogP contribution in [0.25, 0.3) is 0 Å². The van der Waals surface area contributed by atoms with Crippen LogP contribution in [-0.2, 0) is 23.9 Å². The average molecular weight is 291 g/mol. The topological polar surface area (TPSA) is 145 Å². The van der Waals surface area contributed by atoms with Gasteiger partial charge in [0.15, 0.2) is 6.10 Å². The van der Waals surface area contributed by atoms with E-state index in [0.29, 0.717) is 0 Å². The number of carboxylic acid groups (broad SMARTS) is 2. The summed E-state index contributed by atoms with van der Waals surface area (Å²) in [6.07, 6.45) is -2.93. The van der Waals surface area contributed by atoms with E-state index in [9.17, 15) is 19.7 Å². The van der Waals surface area contributed by atoms with Crippen molar-refractivity contribution in [2.24, 2.45) is 11.8 Å². The number of carbonyl (C=O) groups is 2. The van der Waals surface area contributed by atoms with Crippen molar-refractivity contribution < 1.29 is 39.2 Å². The third-order valence-corrected chi connectivity index (χ3v) is 3.50. The molecule has 0 aromatic rings. The predicted octanol–water partition coefficient (Wildman–Crippen LogP) is -0.847. The molecule has 2 fully saturated rings. The second kappa shape index (κ2) is 5.59. The number of hydrogen-bond donors (Lipinski definition) is 2. The van der Waals surface area contributed by atoms with Gasteiger partial charge in [-0.2, -0.15) is 0 Å². The van der Waals surface area contributed by atoms with Crippen molar-refractivity contribution in [3.63, 3.8) is 0 Å². The maximum atomic E-state index is 11.2. The summed E-state index contributed by atoms with van der Waals surface area (Å²) >= 11 is 0. The molecule has 2 saturated heterocycles. The zero-order valence-electron chi connectivity index (χ0n) is 10.2. The summed E-state index contributed by atoms with van der Waals surface area (Å²) < 4.78 is 10.6. The maximum Gasteiger partial charge on any atom is 0.307 e. The summed E-state index contributed by atoms with van der Waals surface area (Å²) in [6, 6.07) is 0. The summed E-state index contributed by atoms with van der Waals surface area (Å²) in [5.74, 6) is -4.34. The lowest BCUT2D eigenvalue weighted by Crippen LogP contribution is -2.37. The van der Waals surface area contributed by atoms with Gasteiger partial charge in [-0.1, -0.05) is 0 Å². The van der Waals surface area contributed by atoms with E-state index in [0.717, 1.165) is 0 Å². The van der Waals surface area contributed by atoms with Crippen LogP contribution in [0.5, 0.6) is 0 Å². The van der Waals surface area contributed by atoms with Crippen LogP contribution in [0.15, 0.2) is 0 Å². The van der Waals surface area contributed by atoms with Gasteiger partial charge in [0, 0.05) is 5.92 Å². The van der Waals surface area contributed by atoms with E-state index < -0.39 is 53.6 Å². The number of nitrogens with zero attached hydrogens (tertiary/aromatic N) is 1. The fourth-order valence-electron chi connectivity index (χ4n) is 2.65. The summed E-state index contributed by atoms with van der Waals surface area (Å²) in [4.78, 5) is 36.6. The Bertz CT molecular complexity index is 425. The van der Waals surface area contributed by atoms with Crippen molar-refractivity contribution in [2.75, 3.05) is 13.2 Å². The first kappa shape index (κ1) is 14.5. The molecule has 2 rings (SSSR count). The normalized spacial score (nSPS) is 33.4. The van der Waals surface area contributed by atoms with Crippen LogP contribution in [0.3, 0.4) is 0 Å². The van der Waals surface area contributed by atoms with Gasteiger partial charge in [0.2, 0.25) is 0 Å². The zero-order chi connectivity index (χ0) is 14.9. The van der Waals surface area contributed by atoms with Crippen molar-refractivity contribution in [3.8, 4) is 0 Å². The largest absolute Gasteiger partial charge is 0.481 e. The molecule has 10 nitrogen and oxygen atoms in total. The van der Waals surface area contributed by atoms with Crippen LogP contribution in [0.1, 0.15) is 6.42 Å². The molecule has 0 amide bonds. The van der Waals surface area contributed by atoms with E-state index in [1.165, 1.54) is 0 Å². The molecule has 0 aromatic heterocycles. The summed E-state index contributed by atoms with van der Waals surface area (Å²) in [7, 11) is 0. The SMILES string of the molecule is O=C(O)CC(C(=O)O)[C@@H]1CO[C@H]2[C@@H]1OC[C@H]2O[N+](=O)[O-]. The van der Waals surface area contributed by atoms with Crippen LogP contribution >= 0.6 is 0 Å². The minimum Gasteiger partial charge on any atom is -0.481 e. The summed E-state index contributed by atoms with van der Waals surface area (Å²) in [5, 5.41) is 27.2. The second-order valence-corrected chi connectivity index (χ2v) is 4.67. The monoisotopic (exact) mass is 291 g/mol. The van der Waals surface area contributed by atoms with Crippen LogP contribution < -0.4 is 0 Å². The number of carboxylic acids is 2. The molecule has 2 N–H and O–H groups in total. The number of fused-ring (bicyclic) bond motifs is 1. The zero-order valence-corrected chi connectivity index (χ0v) is 10.2. The van der Waals surface area contributed by atoms with Gasteiger partial charge in [-0.05, 0) is 0 Å². The molecule has 20 heavy (non-hydrogen) atoms. The lowest BCUT2D eigenvalue weighted by atomic mass is 9.85. The van der Waals surface area contributed by atoms with E-state index in [-0.39, 0.29) is 13.2 Å². The molecule has 0 aliphatic carbocycles. The van der Waals surface area contributed by atoms with Gasteiger partial charge in [0.25, 0.3) is 5.09 Å². The third-order valence-electron chi connectivity index (χ3n) is 3.50. The Kier molecular flexibility index (Phi) is 4.04. The highest BCUT2D eigenvalue weighted by atomic mass is 17.0. The second-order valence-electron chi connectivity index (χ2n) is 4.67. The Balaban J connectivity index is 2.07. The molecule has 2 aliphatic heterocycles. The Labute approximate surface area is 112 Å². The number of ether oxygens (including phenoxy) is 2. The molecule has 0 bridgehead atoms. The Morgan fingerprint density at radius 2 is 1.95 bits per heavy atom. The van der Waals surface area contributed by atoms with Gasteiger partial charge in [-0.25, -0.2) is 0 Å². The van der Waals surface area contributed by atoms with E-state index >= 15 is 0 Å². The number of rotatable bonds is 6. The fraction of sp³-hybridized carbons (Fsp3) is 0.800. The first-order valence-electron chi connectivity index (χ1n) is 5.89. The molecule has 10 heteroatoms. The fourth-order valence-corrected chi connectivity index (χ4v) is 2.65. The van der Waals surface area contributed by atoms with E-state index in [1.54, 1.807) is 0 Å². The van der Waals surface area contributed by atoms with Crippen molar-refractivity contribution in [3.05, 3.63) is 10.1 Å². The van der Waals surface area contributed by atoms with Crippen molar-refractivity contribution in [2.45, 2.75) is 24.7 Å². The Morgan fingerprint density at radius 1 is 1.30 bits per heavy atom. The minimum atomic E-state index is -1.26. The Hall–Kier alpha value is -1.94. The molecule has 112 valence electrons. The van der Waals surface area contributed by atoms with Gasteiger partial charge < -0.3 is 24.5 Å². The highest BCUT2D eigenvalue weighted by Crippen LogP contribution is 2.37. The maximum absolute atomic E-state index is 11.2. The molecular formula is C10H13NO9. The molecule has 2 heterocycles. The molecule has 0 spiro atoms. The predicted molar refractivity (Wildman–Crippen MR) is 58.2 cm³/mol. The minimum absolute atomic E-state index is 0.0306. The molecule has 0 radical (unpaired) electrons. The van der Waals surface area contributed by atoms with Crippen LogP contribution in [0, 0.1) is 22.0 Å². The summed E-state index contributed by atoms with van der Waals surface area (Å²) in [6.45, 7) is -0.122. The van der Waals surface area contributed by atoms with Crippen molar-refractivity contribution in [1.82, 2.24) is 0 Å². The molecular weight excluding hydrogens is 278 g/mol. The average Bonchev–Trinajstić information content (AvgIpc) is 2.88. The van der Waals surface area contributed by atoms with E-state index in [4.69, 9.17) is 19.7 Å². The van der Waals surface area contributed by atoms with Gasteiger partial charge >= 0.3 is 11.9 Å². The smallest absolute Gasteiger partial charge is 0.307 e.